The van der Waals surface area contributed by atoms with E-state index in [1.807, 2.05) is 6.20 Å². The van der Waals surface area contributed by atoms with E-state index in [9.17, 15) is 0 Å². The Balaban J connectivity index is 2.17. The standard InChI is InChI=1S/C27H42N2/c1-24(2,3)20-12-14-23(29-18-20)27(9,10)16-15-26(7,8)19-11-13-21(22(28)17-19)25(4,5)6/h11-14,17-18H,15-16,28H2,1-10H3. The predicted molar refractivity (Wildman–Crippen MR) is 128 cm³/mol. The van der Waals surface area contributed by atoms with E-state index in [-0.39, 0.29) is 21.7 Å². The molecule has 0 bridgehead atoms. The molecule has 0 saturated carbocycles. The first-order valence-corrected chi connectivity index (χ1v) is 10.9. The van der Waals surface area contributed by atoms with E-state index in [0.29, 0.717) is 0 Å². The minimum atomic E-state index is 0.0323. The average molecular weight is 395 g/mol. The molecule has 0 aliphatic rings. The number of anilines is 1. The largest absolute Gasteiger partial charge is 0.398 e. The number of aromatic nitrogens is 1. The van der Waals surface area contributed by atoms with Crippen molar-refractivity contribution in [2.24, 2.45) is 0 Å². The van der Waals surface area contributed by atoms with Crippen molar-refractivity contribution in [1.82, 2.24) is 4.98 Å². The minimum absolute atomic E-state index is 0.0323. The van der Waals surface area contributed by atoms with Crippen LogP contribution in [0.3, 0.4) is 0 Å². The van der Waals surface area contributed by atoms with E-state index >= 15 is 0 Å². The van der Waals surface area contributed by atoms with Crippen molar-refractivity contribution in [2.75, 3.05) is 5.73 Å². The Morgan fingerprint density at radius 1 is 0.690 bits per heavy atom. The molecule has 2 nitrogen and oxygen atoms in total. The molecule has 0 aliphatic carbocycles. The van der Waals surface area contributed by atoms with E-state index in [1.54, 1.807) is 0 Å². The first-order chi connectivity index (χ1) is 13.0. The van der Waals surface area contributed by atoms with Gasteiger partial charge in [0.2, 0.25) is 0 Å². The Morgan fingerprint density at radius 3 is 1.69 bits per heavy atom. The average Bonchev–Trinajstić information content (AvgIpc) is 2.58. The number of nitrogen functional groups attached to an aromatic ring is 1. The second kappa shape index (κ2) is 7.78. The number of hydrogen-bond donors (Lipinski definition) is 1. The van der Waals surface area contributed by atoms with Crippen molar-refractivity contribution in [1.29, 1.82) is 0 Å². The number of nitrogens with two attached hydrogens (primary N) is 1. The summed E-state index contributed by atoms with van der Waals surface area (Å²) in [5, 5.41) is 0. The van der Waals surface area contributed by atoms with Crippen LogP contribution in [-0.4, -0.2) is 4.98 Å². The van der Waals surface area contributed by atoms with Crippen LogP contribution in [0.15, 0.2) is 36.5 Å². The third-order valence-electron chi connectivity index (χ3n) is 6.34. The summed E-state index contributed by atoms with van der Waals surface area (Å²) in [4.78, 5) is 4.82. The van der Waals surface area contributed by atoms with Gasteiger partial charge in [0.05, 0.1) is 0 Å². The van der Waals surface area contributed by atoms with Crippen LogP contribution in [0.4, 0.5) is 5.69 Å². The third-order valence-corrected chi connectivity index (χ3v) is 6.34. The zero-order valence-electron chi connectivity index (χ0n) is 20.4. The molecule has 0 radical (unpaired) electrons. The van der Waals surface area contributed by atoms with E-state index in [0.717, 1.165) is 18.5 Å². The lowest BCUT2D eigenvalue weighted by Crippen LogP contribution is -2.26. The molecule has 0 saturated heterocycles. The van der Waals surface area contributed by atoms with Crippen LogP contribution in [-0.2, 0) is 21.7 Å². The van der Waals surface area contributed by atoms with Crippen molar-refractivity contribution < 1.29 is 0 Å². The zero-order valence-corrected chi connectivity index (χ0v) is 20.4. The van der Waals surface area contributed by atoms with Gasteiger partial charge in [0.1, 0.15) is 0 Å². The topological polar surface area (TPSA) is 38.9 Å². The lowest BCUT2D eigenvalue weighted by atomic mass is 9.73. The highest BCUT2D eigenvalue weighted by Crippen LogP contribution is 2.38. The van der Waals surface area contributed by atoms with Crippen LogP contribution in [0.5, 0.6) is 0 Å². The summed E-state index contributed by atoms with van der Waals surface area (Å²) in [6.45, 7) is 22.6. The monoisotopic (exact) mass is 394 g/mol. The van der Waals surface area contributed by atoms with Gasteiger partial charge in [0.15, 0.2) is 0 Å². The molecule has 0 amide bonds. The number of hydrogen-bond acceptors (Lipinski definition) is 2. The maximum Gasteiger partial charge on any atom is 0.0460 e. The van der Waals surface area contributed by atoms with Gasteiger partial charge in [-0.05, 0) is 57.9 Å². The molecule has 0 spiro atoms. The zero-order chi connectivity index (χ0) is 22.3. The molecule has 29 heavy (non-hydrogen) atoms. The molecule has 1 aromatic carbocycles. The van der Waals surface area contributed by atoms with E-state index in [4.69, 9.17) is 10.7 Å². The molecule has 2 N–H and O–H groups in total. The molecule has 2 rings (SSSR count). The SMILES string of the molecule is CC(C)(C)c1ccc(C(C)(C)CCC(C)(C)c2ccc(C(C)(C)C)c(N)c2)nc1. The van der Waals surface area contributed by atoms with Gasteiger partial charge in [-0.2, -0.15) is 0 Å². The van der Waals surface area contributed by atoms with Crippen molar-refractivity contribution in [3.63, 3.8) is 0 Å². The van der Waals surface area contributed by atoms with Crippen LogP contribution in [0.2, 0.25) is 0 Å². The Kier molecular flexibility index (Phi) is 6.29. The maximum absolute atomic E-state index is 6.42. The molecule has 0 atom stereocenters. The summed E-state index contributed by atoms with van der Waals surface area (Å²) in [7, 11) is 0. The fourth-order valence-corrected chi connectivity index (χ4v) is 3.80. The van der Waals surface area contributed by atoms with Crippen molar-refractivity contribution >= 4 is 5.69 Å². The van der Waals surface area contributed by atoms with Gasteiger partial charge in [0, 0.05) is 23.0 Å². The molecular formula is C27H42N2. The van der Waals surface area contributed by atoms with Gasteiger partial charge in [-0.15, -0.1) is 0 Å². The maximum atomic E-state index is 6.42. The van der Waals surface area contributed by atoms with Crippen LogP contribution < -0.4 is 5.73 Å². The van der Waals surface area contributed by atoms with Crippen LogP contribution >= 0.6 is 0 Å². The summed E-state index contributed by atoms with van der Waals surface area (Å²) in [5.74, 6) is 0. The van der Waals surface area contributed by atoms with Gasteiger partial charge < -0.3 is 5.73 Å². The van der Waals surface area contributed by atoms with Crippen molar-refractivity contribution in [3.8, 4) is 0 Å². The van der Waals surface area contributed by atoms with Gasteiger partial charge in [-0.25, -0.2) is 0 Å². The van der Waals surface area contributed by atoms with Crippen LogP contribution in [0, 0.1) is 0 Å². The lowest BCUT2D eigenvalue weighted by molar-refractivity contribution is 0.368. The molecule has 2 aromatic rings. The molecule has 0 unspecified atom stereocenters. The molecule has 0 fully saturated rings. The van der Waals surface area contributed by atoms with Crippen LogP contribution in [0.1, 0.15) is 104 Å². The summed E-state index contributed by atoms with van der Waals surface area (Å²) in [5.41, 5.74) is 12.6. The van der Waals surface area contributed by atoms with Gasteiger partial charge >= 0.3 is 0 Å². The molecule has 0 aliphatic heterocycles. The molecule has 160 valence electrons. The van der Waals surface area contributed by atoms with Gasteiger partial charge in [-0.1, -0.05) is 87.4 Å². The van der Waals surface area contributed by atoms with E-state index < -0.39 is 0 Å². The van der Waals surface area contributed by atoms with Crippen molar-refractivity contribution in [2.45, 2.75) is 104 Å². The summed E-state index contributed by atoms with van der Waals surface area (Å²) in [6.07, 6.45) is 4.20. The fourth-order valence-electron chi connectivity index (χ4n) is 3.80. The summed E-state index contributed by atoms with van der Waals surface area (Å²) < 4.78 is 0. The van der Waals surface area contributed by atoms with E-state index in [1.165, 1.54) is 22.4 Å². The molecular weight excluding hydrogens is 352 g/mol. The quantitative estimate of drug-likeness (QED) is 0.540. The normalized spacial score (nSPS) is 13.6. The summed E-state index contributed by atoms with van der Waals surface area (Å²) >= 11 is 0. The molecule has 1 heterocycles. The number of nitrogens with zero attached hydrogens (tertiary/aromatic N) is 1. The molecule has 1 aromatic heterocycles. The first kappa shape index (κ1) is 23.4. The predicted octanol–water partition coefficient (Wildman–Crippen LogP) is 7.29. The Bertz CT molecular complexity index is 828. The Hall–Kier alpha value is -1.83. The fraction of sp³-hybridized carbons (Fsp3) is 0.593. The van der Waals surface area contributed by atoms with Gasteiger partial charge in [-0.3, -0.25) is 4.98 Å². The third kappa shape index (κ3) is 5.62. The van der Waals surface area contributed by atoms with Crippen molar-refractivity contribution in [3.05, 3.63) is 58.9 Å². The van der Waals surface area contributed by atoms with Crippen LogP contribution in [0.25, 0.3) is 0 Å². The minimum Gasteiger partial charge on any atom is -0.398 e. The Morgan fingerprint density at radius 2 is 1.24 bits per heavy atom. The number of pyridine rings is 1. The van der Waals surface area contributed by atoms with E-state index in [2.05, 4.69) is 99.6 Å². The molecule has 2 heteroatoms. The summed E-state index contributed by atoms with van der Waals surface area (Å²) in [6, 6.07) is 11.1. The smallest absolute Gasteiger partial charge is 0.0460 e. The van der Waals surface area contributed by atoms with Gasteiger partial charge in [0.25, 0.3) is 0 Å². The highest BCUT2D eigenvalue weighted by Gasteiger charge is 2.29. The highest BCUT2D eigenvalue weighted by molar-refractivity contribution is 5.53. The lowest BCUT2D eigenvalue weighted by Gasteiger charge is -2.32. The Labute approximate surface area is 179 Å². The first-order valence-electron chi connectivity index (χ1n) is 10.9. The number of rotatable bonds is 5. The second-order valence-electron chi connectivity index (χ2n) is 12.0. The highest BCUT2D eigenvalue weighted by atomic mass is 14.7. The second-order valence-corrected chi connectivity index (χ2v) is 12.0. The number of benzene rings is 1.